The minimum atomic E-state index is -0.371. The Hall–Kier alpha value is -2.39. The molecule has 0 unspecified atom stereocenters. The number of hydrogen-bond donors (Lipinski definition) is 2. The van der Waals surface area contributed by atoms with E-state index in [1.54, 1.807) is 12.3 Å². The van der Waals surface area contributed by atoms with E-state index in [2.05, 4.69) is 31.4 Å². The molecule has 0 saturated heterocycles. The first-order chi connectivity index (χ1) is 11.0. The van der Waals surface area contributed by atoms with Crippen molar-refractivity contribution in [2.24, 2.45) is 0 Å². The third-order valence-electron chi connectivity index (χ3n) is 3.46. The van der Waals surface area contributed by atoms with Crippen LogP contribution in [0.1, 0.15) is 25.8 Å². The molecule has 1 aromatic heterocycles. The summed E-state index contributed by atoms with van der Waals surface area (Å²) in [4.78, 5) is 12.1. The maximum atomic E-state index is 12.1. The van der Waals surface area contributed by atoms with Crippen molar-refractivity contribution in [2.45, 2.75) is 26.3 Å². The lowest BCUT2D eigenvalue weighted by molar-refractivity contribution is -0.117. The van der Waals surface area contributed by atoms with Crippen LogP contribution < -0.4 is 5.32 Å². The van der Waals surface area contributed by atoms with E-state index in [1.807, 2.05) is 44.2 Å². The Kier molecular flexibility index (Phi) is 5.72. The van der Waals surface area contributed by atoms with Crippen molar-refractivity contribution in [1.82, 2.24) is 15.5 Å². The van der Waals surface area contributed by atoms with Gasteiger partial charge in [0, 0.05) is 21.6 Å². The number of nitrogens with zero attached hydrogens (tertiary/aromatic N) is 2. The molecule has 1 atom stereocenters. The van der Waals surface area contributed by atoms with Crippen LogP contribution in [-0.2, 0) is 4.79 Å². The molecule has 2 aromatic rings. The first-order valence-corrected chi connectivity index (χ1v) is 8.06. The van der Waals surface area contributed by atoms with Crippen LogP contribution in [0.2, 0.25) is 0 Å². The summed E-state index contributed by atoms with van der Waals surface area (Å²) < 4.78 is 0.975. The van der Waals surface area contributed by atoms with Crippen LogP contribution in [0.15, 0.2) is 40.5 Å². The predicted octanol–water partition coefficient (Wildman–Crippen LogP) is 3.66. The number of benzene rings is 1. The fraction of sp³-hybridized carbons (Fsp3) is 0.235. The highest BCUT2D eigenvalue weighted by Crippen LogP contribution is 2.24. The number of nitrogens with one attached hydrogen (secondary N) is 2. The topological polar surface area (TPSA) is 81.6 Å². The molecule has 0 saturated carbocycles. The van der Waals surface area contributed by atoms with Gasteiger partial charge in [0.05, 0.1) is 11.9 Å². The largest absolute Gasteiger partial charge is 0.349 e. The molecule has 118 valence electrons. The van der Waals surface area contributed by atoms with E-state index in [1.165, 1.54) is 0 Å². The van der Waals surface area contributed by atoms with E-state index in [0.29, 0.717) is 5.56 Å². The molecule has 0 spiro atoms. The predicted molar refractivity (Wildman–Crippen MR) is 93.2 cm³/mol. The fourth-order valence-corrected chi connectivity index (χ4v) is 2.22. The lowest BCUT2D eigenvalue weighted by Gasteiger charge is -2.10. The molecule has 5 nitrogen and oxygen atoms in total. The summed E-state index contributed by atoms with van der Waals surface area (Å²) in [7, 11) is 0. The maximum Gasteiger partial charge on any atom is 0.262 e. The molecule has 0 fully saturated rings. The van der Waals surface area contributed by atoms with Gasteiger partial charge in [0.1, 0.15) is 11.6 Å². The summed E-state index contributed by atoms with van der Waals surface area (Å²) >= 11 is 3.39. The van der Waals surface area contributed by atoms with E-state index in [-0.39, 0.29) is 17.5 Å². The van der Waals surface area contributed by atoms with Crippen molar-refractivity contribution in [3.05, 3.63) is 46.1 Å². The zero-order chi connectivity index (χ0) is 16.8. The Morgan fingerprint density at radius 1 is 1.48 bits per heavy atom. The number of carbonyl (C=O) groups is 1. The molecule has 2 N–H and O–H groups in total. The van der Waals surface area contributed by atoms with E-state index in [0.717, 1.165) is 22.2 Å². The number of carbonyl (C=O) groups excluding carboxylic acids is 1. The molecule has 1 heterocycles. The molecule has 1 amide bonds. The van der Waals surface area contributed by atoms with Crippen LogP contribution in [0.4, 0.5) is 0 Å². The van der Waals surface area contributed by atoms with Crippen molar-refractivity contribution in [2.75, 3.05) is 0 Å². The average molecular weight is 373 g/mol. The Balaban J connectivity index is 2.32. The lowest BCUT2D eigenvalue weighted by atomic mass is 10.1. The first-order valence-electron chi connectivity index (χ1n) is 7.27. The van der Waals surface area contributed by atoms with Crippen LogP contribution in [0.3, 0.4) is 0 Å². The molecule has 0 radical (unpaired) electrons. The van der Waals surface area contributed by atoms with Crippen molar-refractivity contribution in [3.8, 4) is 17.3 Å². The molecule has 1 aromatic carbocycles. The molecule has 6 heteroatoms. The summed E-state index contributed by atoms with van der Waals surface area (Å²) in [6.45, 7) is 3.88. The van der Waals surface area contributed by atoms with Gasteiger partial charge in [-0.15, -0.1) is 0 Å². The highest BCUT2D eigenvalue weighted by molar-refractivity contribution is 9.10. The van der Waals surface area contributed by atoms with Crippen LogP contribution in [-0.4, -0.2) is 22.1 Å². The number of aromatic amines is 1. The van der Waals surface area contributed by atoms with Gasteiger partial charge in [-0.25, -0.2) is 0 Å². The van der Waals surface area contributed by atoms with E-state index >= 15 is 0 Å². The fourth-order valence-electron chi connectivity index (χ4n) is 1.96. The zero-order valence-corrected chi connectivity index (χ0v) is 14.5. The highest BCUT2D eigenvalue weighted by Gasteiger charge is 2.13. The van der Waals surface area contributed by atoms with E-state index in [9.17, 15) is 10.1 Å². The molecule has 23 heavy (non-hydrogen) atoms. The summed E-state index contributed by atoms with van der Waals surface area (Å²) in [5.41, 5.74) is 2.45. The Morgan fingerprint density at radius 2 is 2.17 bits per heavy atom. The van der Waals surface area contributed by atoms with Gasteiger partial charge >= 0.3 is 0 Å². The number of halogens is 1. The second-order valence-electron chi connectivity index (χ2n) is 5.16. The quantitative estimate of drug-likeness (QED) is 0.620. The third kappa shape index (κ3) is 4.30. The second kappa shape index (κ2) is 7.75. The van der Waals surface area contributed by atoms with Crippen LogP contribution >= 0.6 is 15.9 Å². The number of rotatable bonds is 5. The van der Waals surface area contributed by atoms with Crippen molar-refractivity contribution in [1.29, 1.82) is 5.26 Å². The smallest absolute Gasteiger partial charge is 0.262 e. The van der Waals surface area contributed by atoms with Crippen molar-refractivity contribution >= 4 is 27.9 Å². The van der Waals surface area contributed by atoms with Gasteiger partial charge in [-0.1, -0.05) is 35.0 Å². The van der Waals surface area contributed by atoms with E-state index < -0.39 is 0 Å². The Bertz CT molecular complexity index is 756. The number of amides is 1. The minimum Gasteiger partial charge on any atom is -0.349 e. The van der Waals surface area contributed by atoms with Crippen molar-refractivity contribution in [3.63, 3.8) is 0 Å². The number of hydrogen-bond acceptors (Lipinski definition) is 3. The van der Waals surface area contributed by atoms with Gasteiger partial charge in [-0.2, -0.15) is 10.4 Å². The summed E-state index contributed by atoms with van der Waals surface area (Å²) in [6.07, 6.45) is 3.96. The minimum absolute atomic E-state index is 0.0227. The summed E-state index contributed by atoms with van der Waals surface area (Å²) in [5.74, 6) is -0.371. The first kappa shape index (κ1) is 17.0. The number of aromatic nitrogens is 2. The Morgan fingerprint density at radius 3 is 2.78 bits per heavy atom. The zero-order valence-electron chi connectivity index (χ0n) is 12.9. The van der Waals surface area contributed by atoms with Crippen LogP contribution in [0.5, 0.6) is 0 Å². The molecule has 2 rings (SSSR count). The number of H-pyrrole nitrogens is 1. The highest BCUT2D eigenvalue weighted by atomic mass is 79.9. The molecule has 0 aliphatic carbocycles. The molecular formula is C17H17BrN4O. The molecule has 0 bridgehead atoms. The Labute approximate surface area is 143 Å². The normalized spacial score (nSPS) is 12.5. The molecular weight excluding hydrogens is 356 g/mol. The monoisotopic (exact) mass is 372 g/mol. The summed E-state index contributed by atoms with van der Waals surface area (Å²) in [6, 6.07) is 9.68. The van der Waals surface area contributed by atoms with Gasteiger partial charge in [0.25, 0.3) is 5.91 Å². The van der Waals surface area contributed by atoms with Gasteiger partial charge in [0.2, 0.25) is 0 Å². The lowest BCUT2D eigenvalue weighted by Crippen LogP contribution is -2.32. The second-order valence-corrected chi connectivity index (χ2v) is 6.08. The number of nitriles is 1. The molecule has 0 aliphatic rings. The van der Waals surface area contributed by atoms with Crippen LogP contribution in [0, 0.1) is 11.3 Å². The van der Waals surface area contributed by atoms with Gasteiger partial charge in [-0.05, 0) is 31.6 Å². The third-order valence-corrected chi connectivity index (χ3v) is 3.99. The van der Waals surface area contributed by atoms with Gasteiger partial charge in [-0.3, -0.25) is 9.89 Å². The standard InChI is InChI=1S/C17H17BrN4O/c1-3-11(2)21-17(23)13(9-19)8-14-10-20-22-16(14)12-4-6-15(18)7-5-12/h4-8,10-11H,3H2,1-2H3,(H,20,22)(H,21,23)/b13-8-/t11-/m1/s1. The SMILES string of the molecule is CC[C@@H](C)NC(=O)/C(C#N)=C\c1cn[nH]c1-c1ccc(Br)cc1. The maximum absolute atomic E-state index is 12.1. The summed E-state index contributed by atoms with van der Waals surface area (Å²) in [5, 5.41) is 19.0. The van der Waals surface area contributed by atoms with Gasteiger partial charge in [0.15, 0.2) is 0 Å². The van der Waals surface area contributed by atoms with Crippen molar-refractivity contribution < 1.29 is 4.79 Å². The van der Waals surface area contributed by atoms with Crippen LogP contribution in [0.25, 0.3) is 17.3 Å². The molecule has 0 aliphatic heterocycles. The van der Waals surface area contributed by atoms with Gasteiger partial charge < -0.3 is 5.32 Å². The average Bonchev–Trinajstić information content (AvgIpc) is 3.01. The van der Waals surface area contributed by atoms with E-state index in [4.69, 9.17) is 0 Å².